The zero-order valence-electron chi connectivity index (χ0n) is 9.35. The molecule has 1 aliphatic rings. The highest BCUT2D eigenvalue weighted by atomic mass is 79.9. The number of furan rings is 1. The summed E-state index contributed by atoms with van der Waals surface area (Å²) < 4.78 is 6.57. The van der Waals surface area contributed by atoms with E-state index in [9.17, 15) is 0 Å². The van der Waals surface area contributed by atoms with Crippen molar-refractivity contribution in [2.24, 2.45) is 5.92 Å². The van der Waals surface area contributed by atoms with Gasteiger partial charge in [0.15, 0.2) is 4.67 Å². The first kappa shape index (κ1) is 11.2. The van der Waals surface area contributed by atoms with Crippen molar-refractivity contribution in [2.45, 2.75) is 38.6 Å². The summed E-state index contributed by atoms with van der Waals surface area (Å²) in [5.41, 5.74) is 0.0459. The number of piperidine rings is 1. The van der Waals surface area contributed by atoms with Crippen molar-refractivity contribution in [1.29, 1.82) is 0 Å². The second kappa shape index (κ2) is 4.30. The first-order chi connectivity index (χ1) is 7.15. The molecule has 0 aliphatic carbocycles. The van der Waals surface area contributed by atoms with Gasteiger partial charge in [-0.2, -0.15) is 0 Å². The highest BCUT2D eigenvalue weighted by Gasteiger charge is 2.39. The molecule has 1 N–H and O–H groups in total. The molecule has 0 saturated carbocycles. The van der Waals surface area contributed by atoms with Crippen LogP contribution in [-0.4, -0.2) is 6.54 Å². The number of rotatable bonds is 2. The van der Waals surface area contributed by atoms with Gasteiger partial charge in [0.25, 0.3) is 0 Å². The van der Waals surface area contributed by atoms with Gasteiger partial charge < -0.3 is 9.73 Å². The highest BCUT2D eigenvalue weighted by Crippen LogP contribution is 2.38. The van der Waals surface area contributed by atoms with Crippen molar-refractivity contribution in [2.75, 3.05) is 6.54 Å². The largest absolute Gasteiger partial charge is 0.452 e. The van der Waals surface area contributed by atoms with Crippen molar-refractivity contribution in [3.05, 3.63) is 22.6 Å². The molecule has 0 amide bonds. The van der Waals surface area contributed by atoms with E-state index in [0.29, 0.717) is 5.92 Å². The lowest BCUT2D eigenvalue weighted by atomic mass is 9.77. The molecule has 1 atom stereocenters. The van der Waals surface area contributed by atoms with Crippen LogP contribution in [0.4, 0.5) is 0 Å². The molecule has 1 unspecified atom stereocenters. The quantitative estimate of drug-likeness (QED) is 0.888. The third-order valence-electron chi connectivity index (χ3n) is 3.44. The lowest BCUT2D eigenvalue weighted by Gasteiger charge is -2.40. The third kappa shape index (κ3) is 2.00. The van der Waals surface area contributed by atoms with E-state index in [1.165, 1.54) is 19.3 Å². The molecule has 2 rings (SSSR count). The summed E-state index contributed by atoms with van der Waals surface area (Å²) >= 11 is 3.38. The van der Waals surface area contributed by atoms with E-state index in [1.54, 1.807) is 0 Å². The Morgan fingerprint density at radius 1 is 1.40 bits per heavy atom. The number of hydrogen-bond acceptors (Lipinski definition) is 2. The fourth-order valence-electron chi connectivity index (χ4n) is 2.47. The molecule has 15 heavy (non-hydrogen) atoms. The smallest absolute Gasteiger partial charge is 0.169 e. The molecular weight excluding hydrogens is 254 g/mol. The Labute approximate surface area is 99.6 Å². The van der Waals surface area contributed by atoms with Crippen LogP contribution in [0.15, 0.2) is 21.2 Å². The van der Waals surface area contributed by atoms with Crippen molar-refractivity contribution in [3.8, 4) is 0 Å². The van der Waals surface area contributed by atoms with Crippen LogP contribution in [0.1, 0.15) is 38.9 Å². The van der Waals surface area contributed by atoms with Crippen molar-refractivity contribution < 1.29 is 4.42 Å². The summed E-state index contributed by atoms with van der Waals surface area (Å²) in [7, 11) is 0. The Morgan fingerprint density at radius 3 is 2.67 bits per heavy atom. The van der Waals surface area contributed by atoms with Crippen LogP contribution in [0.5, 0.6) is 0 Å². The maximum absolute atomic E-state index is 5.74. The van der Waals surface area contributed by atoms with Gasteiger partial charge in [-0.3, -0.25) is 0 Å². The van der Waals surface area contributed by atoms with Crippen LogP contribution in [0.3, 0.4) is 0 Å². The van der Waals surface area contributed by atoms with E-state index >= 15 is 0 Å². The summed E-state index contributed by atoms with van der Waals surface area (Å²) in [5, 5.41) is 3.65. The lowest BCUT2D eigenvalue weighted by molar-refractivity contribution is 0.149. The zero-order chi connectivity index (χ0) is 10.9. The second-order valence-corrected chi connectivity index (χ2v) is 5.40. The van der Waals surface area contributed by atoms with E-state index in [1.807, 2.05) is 6.07 Å². The van der Waals surface area contributed by atoms with E-state index in [4.69, 9.17) is 4.42 Å². The Bertz CT molecular complexity index is 326. The van der Waals surface area contributed by atoms with Crippen molar-refractivity contribution in [3.63, 3.8) is 0 Å². The van der Waals surface area contributed by atoms with E-state index in [-0.39, 0.29) is 5.54 Å². The molecule has 1 aliphatic heterocycles. The maximum atomic E-state index is 5.74. The Morgan fingerprint density at radius 2 is 2.20 bits per heavy atom. The Hall–Kier alpha value is -0.280. The SMILES string of the molecule is CC(C)C1(c2ccc(Br)o2)CCCCN1. The van der Waals surface area contributed by atoms with E-state index in [0.717, 1.165) is 17.0 Å². The predicted octanol–water partition coefficient (Wildman–Crippen LogP) is 3.67. The molecular formula is C12H18BrNO. The minimum absolute atomic E-state index is 0.0459. The molecule has 0 aromatic carbocycles. The lowest BCUT2D eigenvalue weighted by Crippen LogP contribution is -2.49. The zero-order valence-corrected chi connectivity index (χ0v) is 10.9. The average Bonchev–Trinajstić information content (AvgIpc) is 2.66. The van der Waals surface area contributed by atoms with Crippen LogP contribution in [0.25, 0.3) is 0 Å². The standard InChI is InChI=1S/C12H18BrNO/c1-9(2)12(7-3-4-8-14-12)10-5-6-11(13)15-10/h5-6,9,14H,3-4,7-8H2,1-2H3. The van der Waals surface area contributed by atoms with Gasteiger partial charge in [0.2, 0.25) is 0 Å². The molecule has 1 aromatic heterocycles. The molecule has 0 bridgehead atoms. The molecule has 3 heteroatoms. The van der Waals surface area contributed by atoms with Gasteiger partial charge in [0.05, 0.1) is 5.54 Å². The molecule has 0 radical (unpaired) electrons. The van der Waals surface area contributed by atoms with Crippen LogP contribution >= 0.6 is 15.9 Å². The molecule has 1 fully saturated rings. The van der Waals surface area contributed by atoms with Gasteiger partial charge in [-0.25, -0.2) is 0 Å². The number of halogens is 1. The number of nitrogens with one attached hydrogen (secondary N) is 1. The molecule has 1 aromatic rings. The minimum atomic E-state index is 0.0459. The Balaban J connectivity index is 2.33. The monoisotopic (exact) mass is 271 g/mol. The first-order valence-electron chi connectivity index (χ1n) is 5.66. The molecule has 84 valence electrons. The van der Waals surface area contributed by atoms with Crippen molar-refractivity contribution >= 4 is 15.9 Å². The Kier molecular flexibility index (Phi) is 3.21. The summed E-state index contributed by atoms with van der Waals surface area (Å²) in [6.07, 6.45) is 3.73. The fraction of sp³-hybridized carbons (Fsp3) is 0.667. The summed E-state index contributed by atoms with van der Waals surface area (Å²) in [4.78, 5) is 0. The van der Waals surface area contributed by atoms with Crippen LogP contribution < -0.4 is 5.32 Å². The molecule has 2 nitrogen and oxygen atoms in total. The maximum Gasteiger partial charge on any atom is 0.169 e. The van der Waals surface area contributed by atoms with Gasteiger partial charge in [0, 0.05) is 0 Å². The van der Waals surface area contributed by atoms with E-state index < -0.39 is 0 Å². The number of hydrogen-bond donors (Lipinski definition) is 1. The fourth-order valence-corrected chi connectivity index (χ4v) is 2.78. The summed E-state index contributed by atoms with van der Waals surface area (Å²) in [5.74, 6) is 1.62. The van der Waals surface area contributed by atoms with Gasteiger partial charge in [0.1, 0.15) is 5.76 Å². The predicted molar refractivity (Wildman–Crippen MR) is 64.8 cm³/mol. The van der Waals surface area contributed by atoms with Crippen LogP contribution in [-0.2, 0) is 5.54 Å². The van der Waals surface area contributed by atoms with Gasteiger partial charge in [-0.1, -0.05) is 13.8 Å². The van der Waals surface area contributed by atoms with Crippen LogP contribution in [0, 0.1) is 5.92 Å². The topological polar surface area (TPSA) is 25.2 Å². The van der Waals surface area contributed by atoms with Gasteiger partial charge in [-0.15, -0.1) is 0 Å². The molecule has 0 spiro atoms. The third-order valence-corrected chi connectivity index (χ3v) is 3.86. The summed E-state index contributed by atoms with van der Waals surface area (Å²) in [6.45, 7) is 5.61. The molecule has 2 heterocycles. The highest BCUT2D eigenvalue weighted by molar-refractivity contribution is 9.10. The second-order valence-electron chi connectivity index (χ2n) is 4.61. The van der Waals surface area contributed by atoms with Gasteiger partial charge in [-0.05, 0) is 59.8 Å². The first-order valence-corrected chi connectivity index (χ1v) is 6.45. The normalized spacial score (nSPS) is 27.2. The molecule has 1 saturated heterocycles. The van der Waals surface area contributed by atoms with E-state index in [2.05, 4.69) is 41.2 Å². The average molecular weight is 272 g/mol. The minimum Gasteiger partial charge on any atom is -0.452 e. The summed E-state index contributed by atoms with van der Waals surface area (Å²) in [6, 6.07) is 4.07. The van der Waals surface area contributed by atoms with Gasteiger partial charge >= 0.3 is 0 Å². The van der Waals surface area contributed by atoms with Crippen LogP contribution in [0.2, 0.25) is 0 Å². The van der Waals surface area contributed by atoms with Crippen molar-refractivity contribution in [1.82, 2.24) is 5.32 Å².